The number of carbonyl (C=O) groups excluding carboxylic acids is 2. The maximum absolute atomic E-state index is 12.6. The summed E-state index contributed by atoms with van der Waals surface area (Å²) in [4.78, 5) is 24.9. The number of hydrogen-bond donors (Lipinski definition) is 2. The molecule has 0 saturated heterocycles. The molecule has 0 radical (unpaired) electrons. The van der Waals surface area contributed by atoms with Crippen LogP contribution in [0.3, 0.4) is 0 Å². The average Bonchev–Trinajstić information content (AvgIpc) is 2.78. The molecule has 2 N–H and O–H groups in total. The summed E-state index contributed by atoms with van der Waals surface area (Å²) in [5.41, 5.74) is 2.87. The first-order valence-electron chi connectivity index (χ1n) is 10.2. The molecule has 5 nitrogen and oxygen atoms in total. The Kier molecular flexibility index (Phi) is 8.24. The summed E-state index contributed by atoms with van der Waals surface area (Å²) in [6.45, 7) is 2.66. The van der Waals surface area contributed by atoms with Gasteiger partial charge in [0.2, 0.25) is 5.91 Å². The molecule has 0 aromatic heterocycles. The Balaban J connectivity index is 1.57. The Morgan fingerprint density at radius 1 is 0.903 bits per heavy atom. The van der Waals surface area contributed by atoms with Gasteiger partial charge in [0.25, 0.3) is 5.91 Å². The fraction of sp³-hybridized carbons (Fsp3) is 0.200. The van der Waals surface area contributed by atoms with Gasteiger partial charge in [0.05, 0.1) is 11.1 Å². The molecule has 0 unspecified atom stereocenters. The maximum atomic E-state index is 12.6. The summed E-state index contributed by atoms with van der Waals surface area (Å²) in [7, 11) is 0. The number of amides is 2. The summed E-state index contributed by atoms with van der Waals surface area (Å²) >= 11 is 3.45. The molecule has 0 aliphatic rings. The fourth-order valence-electron chi connectivity index (χ4n) is 2.98. The van der Waals surface area contributed by atoms with E-state index in [-0.39, 0.29) is 11.8 Å². The molecule has 0 aliphatic carbocycles. The van der Waals surface area contributed by atoms with E-state index < -0.39 is 0 Å². The largest absolute Gasteiger partial charge is 0.492 e. The van der Waals surface area contributed by atoms with Gasteiger partial charge >= 0.3 is 0 Å². The van der Waals surface area contributed by atoms with Gasteiger partial charge in [-0.05, 0) is 70.7 Å². The number of halogens is 1. The Labute approximate surface area is 191 Å². The molecule has 0 aliphatic heterocycles. The van der Waals surface area contributed by atoms with Crippen LogP contribution in [0.1, 0.15) is 35.7 Å². The lowest BCUT2D eigenvalue weighted by atomic mass is 10.1. The molecule has 160 valence electrons. The van der Waals surface area contributed by atoms with Gasteiger partial charge < -0.3 is 15.4 Å². The van der Waals surface area contributed by atoms with Crippen molar-refractivity contribution in [3.05, 3.63) is 88.4 Å². The van der Waals surface area contributed by atoms with Crippen LogP contribution in [0, 0.1) is 0 Å². The third-order valence-electron chi connectivity index (χ3n) is 4.54. The molecule has 3 aromatic rings. The second-order valence-electron chi connectivity index (χ2n) is 7.06. The molecule has 0 bridgehead atoms. The fourth-order valence-corrected chi connectivity index (χ4v) is 3.47. The molecule has 3 aromatic carbocycles. The summed E-state index contributed by atoms with van der Waals surface area (Å²) in [6.07, 6.45) is 1.98. The number of hydrogen-bond acceptors (Lipinski definition) is 3. The predicted octanol–water partition coefficient (Wildman–Crippen LogP) is 6.06. The number of rotatable bonds is 9. The van der Waals surface area contributed by atoms with Gasteiger partial charge in [0, 0.05) is 23.4 Å². The van der Waals surface area contributed by atoms with Gasteiger partial charge in [-0.3, -0.25) is 9.59 Å². The zero-order chi connectivity index (χ0) is 22.1. The molecule has 0 fully saturated rings. The minimum Gasteiger partial charge on any atom is -0.492 e. The highest BCUT2D eigenvalue weighted by Crippen LogP contribution is 2.27. The summed E-state index contributed by atoms with van der Waals surface area (Å²) in [5.74, 6) is 0.396. The summed E-state index contributed by atoms with van der Waals surface area (Å²) in [6, 6.07) is 22.2. The van der Waals surface area contributed by atoms with Crippen molar-refractivity contribution in [1.29, 1.82) is 0 Å². The van der Waals surface area contributed by atoms with Crippen LogP contribution in [0.25, 0.3) is 0 Å². The van der Waals surface area contributed by atoms with E-state index in [0.717, 1.165) is 16.5 Å². The van der Waals surface area contributed by atoms with Crippen molar-refractivity contribution in [1.82, 2.24) is 0 Å². The lowest BCUT2D eigenvalue weighted by Gasteiger charge is -2.11. The van der Waals surface area contributed by atoms with Gasteiger partial charge in [-0.15, -0.1) is 0 Å². The predicted molar refractivity (Wildman–Crippen MR) is 128 cm³/mol. The van der Waals surface area contributed by atoms with Crippen LogP contribution in [0.4, 0.5) is 11.4 Å². The van der Waals surface area contributed by atoms with Gasteiger partial charge in [0.1, 0.15) is 5.75 Å². The number of aryl methyl sites for hydroxylation is 1. The molecule has 31 heavy (non-hydrogen) atoms. The second kappa shape index (κ2) is 11.3. The number of benzene rings is 3. The second-order valence-corrected chi connectivity index (χ2v) is 7.92. The van der Waals surface area contributed by atoms with E-state index >= 15 is 0 Å². The lowest BCUT2D eigenvalue weighted by Crippen LogP contribution is -2.14. The monoisotopic (exact) mass is 480 g/mol. The Hall–Kier alpha value is -3.12. The van der Waals surface area contributed by atoms with Crippen LogP contribution in [0.15, 0.2) is 77.3 Å². The Morgan fingerprint density at radius 2 is 1.65 bits per heavy atom. The van der Waals surface area contributed by atoms with Crippen molar-refractivity contribution in [2.75, 3.05) is 17.2 Å². The van der Waals surface area contributed by atoms with E-state index in [9.17, 15) is 9.59 Å². The Bertz CT molecular complexity index is 1040. The van der Waals surface area contributed by atoms with E-state index in [1.807, 2.05) is 37.3 Å². The Morgan fingerprint density at radius 3 is 2.35 bits per heavy atom. The molecule has 3 rings (SSSR count). The molecule has 6 heteroatoms. The highest BCUT2D eigenvalue weighted by molar-refractivity contribution is 9.10. The molecule has 0 saturated carbocycles. The first-order chi connectivity index (χ1) is 15.0. The van der Waals surface area contributed by atoms with Crippen LogP contribution in [0.2, 0.25) is 0 Å². The standard InChI is InChI=1S/C25H25BrN2O3/c1-2-15-31-23-13-12-19(16-22(23)26)25(30)28-21-10-6-9-20(17-21)27-24(29)14-11-18-7-4-3-5-8-18/h3-10,12-13,16-17H,2,11,14-15H2,1H3,(H,27,29)(H,28,30). The van der Waals surface area contributed by atoms with E-state index in [0.29, 0.717) is 42.1 Å². The minimum atomic E-state index is -0.240. The van der Waals surface area contributed by atoms with Crippen molar-refractivity contribution >= 4 is 39.1 Å². The highest BCUT2D eigenvalue weighted by Gasteiger charge is 2.11. The van der Waals surface area contributed by atoms with Crippen LogP contribution < -0.4 is 15.4 Å². The van der Waals surface area contributed by atoms with Gasteiger partial charge in [-0.1, -0.05) is 43.3 Å². The van der Waals surface area contributed by atoms with E-state index in [4.69, 9.17) is 4.74 Å². The minimum absolute atomic E-state index is 0.0704. The first-order valence-corrected chi connectivity index (χ1v) is 11.0. The van der Waals surface area contributed by atoms with Crippen molar-refractivity contribution in [2.45, 2.75) is 26.2 Å². The zero-order valence-corrected chi connectivity index (χ0v) is 18.9. The number of ether oxygens (including phenoxy) is 1. The number of carbonyl (C=O) groups is 2. The number of anilines is 2. The van der Waals surface area contributed by atoms with Crippen molar-refractivity contribution in [3.63, 3.8) is 0 Å². The molecule has 0 spiro atoms. The van der Waals surface area contributed by atoms with Crippen LogP contribution >= 0.6 is 15.9 Å². The normalized spacial score (nSPS) is 10.4. The summed E-state index contributed by atoms with van der Waals surface area (Å²) in [5, 5.41) is 5.76. The van der Waals surface area contributed by atoms with Crippen molar-refractivity contribution in [3.8, 4) is 5.75 Å². The smallest absolute Gasteiger partial charge is 0.255 e. The number of nitrogens with one attached hydrogen (secondary N) is 2. The molecular weight excluding hydrogens is 456 g/mol. The molecule has 2 amide bonds. The van der Waals surface area contributed by atoms with E-state index in [2.05, 4.69) is 26.6 Å². The third-order valence-corrected chi connectivity index (χ3v) is 5.16. The first kappa shape index (κ1) is 22.6. The topological polar surface area (TPSA) is 67.4 Å². The van der Waals surface area contributed by atoms with Crippen LogP contribution in [-0.2, 0) is 11.2 Å². The SMILES string of the molecule is CCCOc1ccc(C(=O)Nc2cccc(NC(=O)CCc3ccccc3)c2)cc1Br. The molecular formula is C25H25BrN2O3. The van der Waals surface area contributed by atoms with E-state index in [1.165, 1.54) is 0 Å². The van der Waals surface area contributed by atoms with Gasteiger partial charge in [-0.25, -0.2) is 0 Å². The van der Waals surface area contributed by atoms with Crippen LogP contribution in [-0.4, -0.2) is 18.4 Å². The third kappa shape index (κ3) is 6.96. The molecule has 0 atom stereocenters. The summed E-state index contributed by atoms with van der Waals surface area (Å²) < 4.78 is 6.35. The molecule has 0 heterocycles. The van der Waals surface area contributed by atoms with Gasteiger partial charge in [-0.2, -0.15) is 0 Å². The quantitative estimate of drug-likeness (QED) is 0.390. The van der Waals surface area contributed by atoms with E-state index in [1.54, 1.807) is 42.5 Å². The lowest BCUT2D eigenvalue weighted by molar-refractivity contribution is -0.116. The highest BCUT2D eigenvalue weighted by atomic mass is 79.9. The maximum Gasteiger partial charge on any atom is 0.255 e. The van der Waals surface area contributed by atoms with Crippen molar-refractivity contribution in [2.24, 2.45) is 0 Å². The average molecular weight is 481 g/mol. The zero-order valence-electron chi connectivity index (χ0n) is 17.4. The van der Waals surface area contributed by atoms with Gasteiger partial charge in [0.15, 0.2) is 0 Å². The van der Waals surface area contributed by atoms with Crippen molar-refractivity contribution < 1.29 is 14.3 Å². The van der Waals surface area contributed by atoms with Crippen LogP contribution in [0.5, 0.6) is 5.75 Å².